The third-order valence-corrected chi connectivity index (χ3v) is 6.16. The molecule has 0 aromatic carbocycles. The second-order valence-electron chi connectivity index (χ2n) is 9.14. The summed E-state index contributed by atoms with van der Waals surface area (Å²) in [5.41, 5.74) is 0. The summed E-state index contributed by atoms with van der Waals surface area (Å²) in [5.74, 6) is 0. The van der Waals surface area contributed by atoms with Crippen LogP contribution in [0.15, 0.2) is 12.2 Å². The molecular formula is C26H50O5. The monoisotopic (exact) mass is 442 g/mol. The SMILES string of the molecule is CCCCCCCCCCCCCC/C=C/CCCCOC[C@@H](O)[C@@H]1OC[C@H](O)[C@@H]1O. The highest BCUT2D eigenvalue weighted by Crippen LogP contribution is 2.18. The number of aliphatic hydroxyl groups is 3. The smallest absolute Gasteiger partial charge is 0.114 e. The van der Waals surface area contributed by atoms with Crippen LogP contribution in [0.3, 0.4) is 0 Å². The average molecular weight is 443 g/mol. The van der Waals surface area contributed by atoms with Crippen LogP contribution in [0.1, 0.15) is 110 Å². The van der Waals surface area contributed by atoms with Crippen molar-refractivity contribution in [2.75, 3.05) is 19.8 Å². The van der Waals surface area contributed by atoms with Crippen LogP contribution in [0.5, 0.6) is 0 Å². The number of ether oxygens (including phenoxy) is 2. The van der Waals surface area contributed by atoms with Crippen molar-refractivity contribution < 1.29 is 24.8 Å². The molecule has 5 heteroatoms. The number of hydrogen-bond acceptors (Lipinski definition) is 5. The summed E-state index contributed by atoms with van der Waals surface area (Å²) in [6.45, 7) is 3.06. The van der Waals surface area contributed by atoms with Crippen LogP contribution in [0.25, 0.3) is 0 Å². The molecule has 0 radical (unpaired) electrons. The van der Waals surface area contributed by atoms with E-state index in [1.54, 1.807) is 0 Å². The van der Waals surface area contributed by atoms with Crippen molar-refractivity contribution in [1.29, 1.82) is 0 Å². The Morgan fingerprint density at radius 2 is 1.32 bits per heavy atom. The van der Waals surface area contributed by atoms with Gasteiger partial charge in [-0.15, -0.1) is 0 Å². The minimum atomic E-state index is -1.03. The third-order valence-electron chi connectivity index (χ3n) is 6.16. The topological polar surface area (TPSA) is 79.2 Å². The number of hydrogen-bond donors (Lipinski definition) is 3. The van der Waals surface area contributed by atoms with Crippen LogP contribution in [0, 0.1) is 0 Å². The fourth-order valence-corrected chi connectivity index (χ4v) is 4.07. The molecule has 0 unspecified atom stereocenters. The second-order valence-corrected chi connectivity index (χ2v) is 9.14. The maximum Gasteiger partial charge on any atom is 0.114 e. The van der Waals surface area contributed by atoms with Gasteiger partial charge < -0.3 is 24.8 Å². The van der Waals surface area contributed by atoms with Gasteiger partial charge in [0.05, 0.1) is 13.2 Å². The Kier molecular flexibility index (Phi) is 18.6. The van der Waals surface area contributed by atoms with E-state index in [-0.39, 0.29) is 13.2 Å². The molecule has 1 heterocycles. The molecule has 4 atom stereocenters. The first-order valence-electron chi connectivity index (χ1n) is 13.0. The van der Waals surface area contributed by atoms with Gasteiger partial charge in [0.1, 0.15) is 24.4 Å². The Balaban J connectivity index is 1.77. The van der Waals surface area contributed by atoms with Crippen molar-refractivity contribution in [2.45, 2.75) is 134 Å². The van der Waals surface area contributed by atoms with Crippen molar-refractivity contribution in [3.8, 4) is 0 Å². The van der Waals surface area contributed by atoms with Crippen LogP contribution in [-0.4, -0.2) is 59.6 Å². The lowest BCUT2D eigenvalue weighted by atomic mass is 10.0. The number of aliphatic hydroxyl groups excluding tert-OH is 3. The van der Waals surface area contributed by atoms with Gasteiger partial charge in [-0.1, -0.05) is 89.7 Å². The lowest BCUT2D eigenvalue weighted by Crippen LogP contribution is -2.40. The number of unbranched alkanes of at least 4 members (excludes halogenated alkanes) is 14. The average Bonchev–Trinajstić information content (AvgIpc) is 3.10. The molecule has 0 aromatic rings. The van der Waals surface area contributed by atoms with E-state index in [1.165, 1.54) is 83.5 Å². The summed E-state index contributed by atoms with van der Waals surface area (Å²) in [6.07, 6.45) is 22.0. The number of rotatable bonds is 21. The van der Waals surface area contributed by atoms with Crippen molar-refractivity contribution in [1.82, 2.24) is 0 Å². The first-order chi connectivity index (χ1) is 15.2. The van der Waals surface area contributed by atoms with Crippen molar-refractivity contribution in [2.24, 2.45) is 0 Å². The molecule has 1 aliphatic heterocycles. The zero-order valence-electron chi connectivity index (χ0n) is 20.1. The highest BCUT2D eigenvalue weighted by Gasteiger charge is 2.39. The lowest BCUT2D eigenvalue weighted by molar-refractivity contribution is -0.0813. The second kappa shape index (κ2) is 20.2. The van der Waals surface area contributed by atoms with E-state index in [9.17, 15) is 15.3 Å². The molecule has 0 spiro atoms. The zero-order chi connectivity index (χ0) is 22.6. The largest absolute Gasteiger partial charge is 0.388 e. The Labute approximate surface area is 191 Å². The van der Waals surface area contributed by atoms with E-state index in [1.807, 2.05) is 0 Å². The quantitative estimate of drug-likeness (QED) is 0.166. The van der Waals surface area contributed by atoms with Gasteiger partial charge in [0, 0.05) is 6.61 Å². The maximum atomic E-state index is 9.96. The Bertz CT molecular complexity index is 415. The molecule has 0 bridgehead atoms. The lowest BCUT2D eigenvalue weighted by Gasteiger charge is -2.20. The molecule has 0 aliphatic carbocycles. The number of allylic oxidation sites excluding steroid dienone is 2. The summed E-state index contributed by atoms with van der Waals surface area (Å²) in [4.78, 5) is 0. The molecule has 1 rings (SSSR count). The van der Waals surface area contributed by atoms with E-state index in [2.05, 4.69) is 19.1 Å². The molecule has 0 amide bonds. The maximum absolute atomic E-state index is 9.96. The minimum absolute atomic E-state index is 0.0640. The van der Waals surface area contributed by atoms with E-state index >= 15 is 0 Å². The van der Waals surface area contributed by atoms with Gasteiger partial charge in [0.15, 0.2) is 0 Å². The summed E-state index contributed by atoms with van der Waals surface area (Å²) in [5, 5.41) is 29.1. The Morgan fingerprint density at radius 1 is 0.806 bits per heavy atom. The highest BCUT2D eigenvalue weighted by atomic mass is 16.5. The van der Waals surface area contributed by atoms with E-state index in [4.69, 9.17) is 9.47 Å². The van der Waals surface area contributed by atoms with Crippen LogP contribution in [0.4, 0.5) is 0 Å². The predicted octanol–water partition coefficient (Wildman–Crippen LogP) is 5.30. The van der Waals surface area contributed by atoms with E-state index in [0.29, 0.717) is 6.61 Å². The minimum Gasteiger partial charge on any atom is -0.388 e. The highest BCUT2D eigenvalue weighted by molar-refractivity contribution is 4.87. The van der Waals surface area contributed by atoms with Gasteiger partial charge in [-0.3, -0.25) is 0 Å². The molecule has 3 N–H and O–H groups in total. The molecule has 0 aromatic heterocycles. The van der Waals surface area contributed by atoms with E-state index < -0.39 is 24.4 Å². The summed E-state index contributed by atoms with van der Waals surface area (Å²) < 4.78 is 10.7. The molecule has 1 saturated heterocycles. The fourth-order valence-electron chi connectivity index (χ4n) is 4.07. The van der Waals surface area contributed by atoms with Crippen LogP contribution >= 0.6 is 0 Å². The standard InChI is InChI=1S/C26H50O5/c1-2-3-4-5-6-7-8-9-10-11-12-13-14-15-16-17-18-19-20-30-21-24(28)26-25(29)23(27)22-31-26/h15-16,23-29H,2-14,17-22H2,1H3/b16-15+/t23-,24+,25-,26-/m0/s1. The van der Waals surface area contributed by atoms with Crippen molar-refractivity contribution >= 4 is 0 Å². The van der Waals surface area contributed by atoms with Gasteiger partial charge in [-0.05, 0) is 32.1 Å². The van der Waals surface area contributed by atoms with Crippen LogP contribution in [0.2, 0.25) is 0 Å². The third kappa shape index (κ3) is 15.1. The Hall–Kier alpha value is -0.460. The van der Waals surface area contributed by atoms with Crippen molar-refractivity contribution in [3.05, 3.63) is 12.2 Å². The first-order valence-corrected chi connectivity index (χ1v) is 13.0. The van der Waals surface area contributed by atoms with Crippen molar-refractivity contribution in [3.63, 3.8) is 0 Å². The molecule has 184 valence electrons. The Morgan fingerprint density at radius 3 is 1.84 bits per heavy atom. The van der Waals surface area contributed by atoms with Gasteiger partial charge in [0.25, 0.3) is 0 Å². The van der Waals surface area contributed by atoms with Crippen LogP contribution < -0.4 is 0 Å². The molecule has 1 fully saturated rings. The van der Waals surface area contributed by atoms with Crippen LogP contribution in [-0.2, 0) is 9.47 Å². The van der Waals surface area contributed by atoms with Gasteiger partial charge in [-0.25, -0.2) is 0 Å². The summed E-state index contributed by atoms with van der Waals surface area (Å²) in [6, 6.07) is 0. The van der Waals surface area contributed by atoms with Gasteiger partial charge in [-0.2, -0.15) is 0 Å². The van der Waals surface area contributed by atoms with Gasteiger partial charge >= 0.3 is 0 Å². The fraction of sp³-hybridized carbons (Fsp3) is 0.923. The molecule has 1 aliphatic rings. The predicted molar refractivity (Wildman–Crippen MR) is 127 cm³/mol. The summed E-state index contributed by atoms with van der Waals surface area (Å²) >= 11 is 0. The molecule has 31 heavy (non-hydrogen) atoms. The molecule has 5 nitrogen and oxygen atoms in total. The first kappa shape index (κ1) is 28.6. The molecule has 0 saturated carbocycles. The zero-order valence-corrected chi connectivity index (χ0v) is 20.1. The summed E-state index contributed by atoms with van der Waals surface area (Å²) in [7, 11) is 0. The molecular weight excluding hydrogens is 392 g/mol. The normalized spacial score (nSPS) is 22.5. The van der Waals surface area contributed by atoms with E-state index in [0.717, 1.165) is 19.3 Å². The van der Waals surface area contributed by atoms with Gasteiger partial charge in [0.2, 0.25) is 0 Å².